The van der Waals surface area contributed by atoms with Crippen LogP contribution in [-0.4, -0.2) is 28.5 Å². The Morgan fingerprint density at radius 1 is 1.18 bits per heavy atom. The van der Waals surface area contributed by atoms with Crippen molar-refractivity contribution in [2.45, 2.75) is 6.54 Å². The van der Waals surface area contributed by atoms with Gasteiger partial charge in [0, 0.05) is 12.1 Å². The first kappa shape index (κ1) is 19.6. The third kappa shape index (κ3) is 4.55. The average Bonchev–Trinajstić information content (AvgIpc) is 2.94. The summed E-state index contributed by atoms with van der Waals surface area (Å²) in [5.41, 5.74) is 1.72. The average molecular weight is 396 g/mol. The van der Waals surface area contributed by atoms with Crippen LogP contribution >= 0.6 is 11.8 Å². The summed E-state index contributed by atoms with van der Waals surface area (Å²) in [4.78, 5) is 38.0. The Balaban J connectivity index is 1.72. The van der Waals surface area contributed by atoms with Gasteiger partial charge in [-0.15, -0.1) is 6.58 Å². The summed E-state index contributed by atoms with van der Waals surface area (Å²) in [5, 5.41) is 2.28. The topological polar surface area (TPSA) is 66.5 Å². The molecule has 0 unspecified atom stereocenters. The highest BCUT2D eigenvalue weighted by molar-refractivity contribution is 8.18. The number of halogens is 1. The van der Waals surface area contributed by atoms with Crippen LogP contribution in [0.1, 0.15) is 21.5 Å². The lowest BCUT2D eigenvalue weighted by molar-refractivity contribution is -0.123. The number of benzene rings is 2. The molecule has 1 aliphatic rings. The lowest BCUT2D eigenvalue weighted by Crippen LogP contribution is -2.27. The Morgan fingerprint density at radius 3 is 2.61 bits per heavy atom. The van der Waals surface area contributed by atoms with Gasteiger partial charge < -0.3 is 5.32 Å². The number of carbonyl (C=O) groups is 3. The fourth-order valence-corrected chi connectivity index (χ4v) is 3.44. The van der Waals surface area contributed by atoms with E-state index in [-0.39, 0.29) is 17.4 Å². The Kier molecular flexibility index (Phi) is 6.06. The standard InChI is InChI=1S/C21H17FN2O3S/c1-2-10-23-19(25)16-8-6-14(7-9-16)12-18-20(26)24(21(27)28-18)13-15-4-3-5-17(22)11-15/h2-9,11-12H,1,10,13H2,(H,23,25)/b18-12-. The van der Waals surface area contributed by atoms with Gasteiger partial charge in [-0.2, -0.15) is 0 Å². The van der Waals surface area contributed by atoms with Crippen molar-refractivity contribution in [3.63, 3.8) is 0 Å². The number of thioether (sulfide) groups is 1. The molecule has 2 aromatic rings. The molecule has 1 aliphatic heterocycles. The van der Waals surface area contributed by atoms with E-state index in [2.05, 4.69) is 11.9 Å². The Hall–Kier alpha value is -3.19. The Labute approximate surface area is 165 Å². The van der Waals surface area contributed by atoms with E-state index < -0.39 is 17.0 Å². The van der Waals surface area contributed by atoms with Gasteiger partial charge in [0.15, 0.2) is 0 Å². The van der Waals surface area contributed by atoms with Crippen molar-refractivity contribution in [1.29, 1.82) is 0 Å². The van der Waals surface area contributed by atoms with Gasteiger partial charge in [-0.3, -0.25) is 19.3 Å². The summed E-state index contributed by atoms with van der Waals surface area (Å²) in [6.45, 7) is 3.93. The van der Waals surface area contributed by atoms with Crippen LogP contribution in [0.3, 0.4) is 0 Å². The van der Waals surface area contributed by atoms with Crippen molar-refractivity contribution >= 4 is 34.9 Å². The zero-order valence-electron chi connectivity index (χ0n) is 14.9. The molecule has 0 saturated carbocycles. The second-order valence-corrected chi connectivity index (χ2v) is 7.01. The molecule has 28 heavy (non-hydrogen) atoms. The van der Waals surface area contributed by atoms with Crippen molar-refractivity contribution in [3.05, 3.63) is 88.6 Å². The van der Waals surface area contributed by atoms with E-state index in [1.165, 1.54) is 18.2 Å². The van der Waals surface area contributed by atoms with Gasteiger partial charge in [0.1, 0.15) is 5.82 Å². The molecular formula is C21H17FN2O3S. The first-order valence-corrected chi connectivity index (χ1v) is 9.28. The molecule has 7 heteroatoms. The number of carbonyl (C=O) groups excluding carboxylic acids is 3. The predicted molar refractivity (Wildman–Crippen MR) is 107 cm³/mol. The summed E-state index contributed by atoms with van der Waals surface area (Å²) < 4.78 is 13.3. The van der Waals surface area contributed by atoms with E-state index >= 15 is 0 Å². The van der Waals surface area contributed by atoms with Crippen LogP contribution < -0.4 is 5.32 Å². The van der Waals surface area contributed by atoms with Gasteiger partial charge in [-0.05, 0) is 53.2 Å². The molecule has 0 aliphatic carbocycles. The minimum absolute atomic E-state index is 0.0161. The number of hydrogen-bond donors (Lipinski definition) is 1. The lowest BCUT2D eigenvalue weighted by Gasteiger charge is -2.12. The fraction of sp³-hybridized carbons (Fsp3) is 0.0952. The molecule has 0 aromatic heterocycles. The van der Waals surface area contributed by atoms with E-state index in [1.54, 1.807) is 42.5 Å². The van der Waals surface area contributed by atoms with Crippen molar-refractivity contribution in [1.82, 2.24) is 10.2 Å². The van der Waals surface area contributed by atoms with E-state index in [0.717, 1.165) is 16.7 Å². The zero-order valence-corrected chi connectivity index (χ0v) is 15.7. The van der Waals surface area contributed by atoms with Gasteiger partial charge in [0.2, 0.25) is 0 Å². The summed E-state index contributed by atoms with van der Waals surface area (Å²) >= 11 is 0.836. The predicted octanol–water partition coefficient (Wildman–Crippen LogP) is 3.98. The highest BCUT2D eigenvalue weighted by Gasteiger charge is 2.35. The molecule has 0 bridgehead atoms. The van der Waals surface area contributed by atoms with Crippen LogP contribution in [0.4, 0.5) is 9.18 Å². The van der Waals surface area contributed by atoms with Crippen LogP contribution in [0, 0.1) is 5.82 Å². The van der Waals surface area contributed by atoms with Crippen LogP contribution in [0.25, 0.3) is 6.08 Å². The summed E-state index contributed by atoms with van der Waals surface area (Å²) in [6.07, 6.45) is 3.19. The molecule has 0 radical (unpaired) electrons. The van der Waals surface area contributed by atoms with Crippen molar-refractivity contribution in [2.75, 3.05) is 6.54 Å². The Bertz CT molecular complexity index is 970. The maximum Gasteiger partial charge on any atom is 0.293 e. The molecule has 5 nitrogen and oxygen atoms in total. The first-order chi connectivity index (χ1) is 13.5. The summed E-state index contributed by atoms with van der Waals surface area (Å²) in [7, 11) is 0. The molecular weight excluding hydrogens is 379 g/mol. The molecule has 0 atom stereocenters. The smallest absolute Gasteiger partial charge is 0.293 e. The molecule has 1 fully saturated rings. The van der Waals surface area contributed by atoms with E-state index in [0.29, 0.717) is 23.2 Å². The van der Waals surface area contributed by atoms with Crippen LogP contribution in [0.5, 0.6) is 0 Å². The number of amides is 3. The molecule has 1 saturated heterocycles. The maximum atomic E-state index is 13.3. The molecule has 142 valence electrons. The minimum Gasteiger partial charge on any atom is -0.349 e. The van der Waals surface area contributed by atoms with Gasteiger partial charge >= 0.3 is 0 Å². The highest BCUT2D eigenvalue weighted by atomic mass is 32.2. The van der Waals surface area contributed by atoms with Crippen molar-refractivity contribution < 1.29 is 18.8 Å². The molecule has 1 N–H and O–H groups in total. The first-order valence-electron chi connectivity index (χ1n) is 8.47. The SMILES string of the molecule is C=CCNC(=O)c1ccc(/C=C2\SC(=O)N(Cc3cccc(F)c3)C2=O)cc1. The summed E-state index contributed by atoms with van der Waals surface area (Å²) in [5.74, 6) is -1.06. The quantitative estimate of drug-likeness (QED) is 0.593. The fourth-order valence-electron chi connectivity index (χ4n) is 2.60. The summed E-state index contributed by atoms with van der Waals surface area (Å²) in [6, 6.07) is 12.5. The largest absolute Gasteiger partial charge is 0.349 e. The molecule has 2 aromatic carbocycles. The second-order valence-electron chi connectivity index (χ2n) is 6.02. The Morgan fingerprint density at radius 2 is 1.93 bits per heavy atom. The zero-order chi connectivity index (χ0) is 20.1. The number of imide groups is 1. The number of rotatable bonds is 6. The van der Waals surface area contributed by atoms with Crippen LogP contribution in [0.15, 0.2) is 66.1 Å². The second kappa shape index (κ2) is 8.67. The lowest BCUT2D eigenvalue weighted by atomic mass is 10.1. The van der Waals surface area contributed by atoms with Crippen LogP contribution in [0.2, 0.25) is 0 Å². The highest BCUT2D eigenvalue weighted by Crippen LogP contribution is 2.33. The van der Waals surface area contributed by atoms with Gasteiger partial charge in [-0.1, -0.05) is 30.3 Å². The minimum atomic E-state index is -0.424. The number of nitrogens with one attached hydrogen (secondary N) is 1. The maximum absolute atomic E-state index is 13.3. The van der Waals surface area contributed by atoms with Crippen LogP contribution in [-0.2, 0) is 11.3 Å². The van der Waals surface area contributed by atoms with Crippen molar-refractivity contribution in [2.24, 2.45) is 0 Å². The molecule has 3 rings (SSSR count). The van der Waals surface area contributed by atoms with Gasteiger partial charge in [0.05, 0.1) is 11.4 Å². The normalized spacial score (nSPS) is 15.2. The molecule has 1 heterocycles. The van der Waals surface area contributed by atoms with Crippen molar-refractivity contribution in [3.8, 4) is 0 Å². The van der Waals surface area contributed by atoms with E-state index in [4.69, 9.17) is 0 Å². The number of hydrogen-bond acceptors (Lipinski definition) is 4. The monoisotopic (exact) mass is 396 g/mol. The molecule has 0 spiro atoms. The molecule has 3 amide bonds. The third-order valence-corrected chi connectivity index (χ3v) is 4.89. The van der Waals surface area contributed by atoms with E-state index in [1.807, 2.05) is 0 Å². The van der Waals surface area contributed by atoms with Gasteiger partial charge in [0.25, 0.3) is 17.1 Å². The van der Waals surface area contributed by atoms with Gasteiger partial charge in [-0.25, -0.2) is 4.39 Å². The number of nitrogens with zero attached hydrogens (tertiary/aromatic N) is 1. The third-order valence-electron chi connectivity index (χ3n) is 3.98. The van der Waals surface area contributed by atoms with E-state index in [9.17, 15) is 18.8 Å².